The Kier molecular flexibility index (Phi) is 4.81. The second kappa shape index (κ2) is 6.37. The molecule has 18 heavy (non-hydrogen) atoms. The molecule has 2 unspecified atom stereocenters. The van der Waals surface area contributed by atoms with Crippen molar-refractivity contribution in [2.24, 2.45) is 11.8 Å². The Balaban J connectivity index is 1.84. The smallest absolute Gasteiger partial charge is 0.146 e. The highest BCUT2D eigenvalue weighted by Crippen LogP contribution is 2.30. The Morgan fingerprint density at radius 1 is 1.44 bits per heavy atom. The number of benzene rings is 1. The Hall–Kier alpha value is -0.830. The Labute approximate surface area is 112 Å². The molecule has 0 radical (unpaired) electrons. The lowest BCUT2D eigenvalue weighted by atomic mass is 9.81. The van der Waals surface area contributed by atoms with E-state index < -0.39 is 0 Å². The number of hydrogen-bond donors (Lipinski definition) is 0. The van der Waals surface area contributed by atoms with Crippen molar-refractivity contribution in [3.05, 3.63) is 30.1 Å². The number of Topliss-reactive ketones (excluding diaryl/α,β-unsaturated/α-hetero) is 1. The molecule has 1 aromatic rings. The van der Waals surface area contributed by atoms with Crippen LogP contribution in [-0.4, -0.2) is 11.5 Å². The van der Waals surface area contributed by atoms with Gasteiger partial charge in [-0.3, -0.25) is 4.79 Å². The van der Waals surface area contributed by atoms with Crippen molar-refractivity contribution in [1.29, 1.82) is 0 Å². The Morgan fingerprint density at radius 2 is 2.28 bits per heavy atom. The molecule has 0 amide bonds. The van der Waals surface area contributed by atoms with E-state index in [9.17, 15) is 9.18 Å². The molecule has 1 saturated carbocycles. The van der Waals surface area contributed by atoms with Crippen LogP contribution in [0.3, 0.4) is 0 Å². The second-order valence-electron chi connectivity index (χ2n) is 5.18. The van der Waals surface area contributed by atoms with E-state index in [1.165, 1.54) is 36.7 Å². The summed E-state index contributed by atoms with van der Waals surface area (Å²) in [5.41, 5.74) is 0. The summed E-state index contributed by atoms with van der Waals surface area (Å²) in [6.45, 7) is 2.22. The first-order valence-electron chi connectivity index (χ1n) is 6.56. The third-order valence-corrected chi connectivity index (χ3v) is 4.59. The molecule has 0 spiro atoms. The third-order valence-electron chi connectivity index (χ3n) is 3.57. The molecule has 0 heterocycles. The lowest BCUT2D eigenvalue weighted by Gasteiger charge is -2.25. The normalized spacial score (nSPS) is 23.9. The average Bonchev–Trinajstić information content (AvgIpc) is 2.36. The molecule has 1 fully saturated rings. The first-order chi connectivity index (χ1) is 8.65. The first-order valence-corrected chi connectivity index (χ1v) is 7.55. The van der Waals surface area contributed by atoms with Crippen molar-refractivity contribution in [1.82, 2.24) is 0 Å². The number of thioether (sulfide) groups is 1. The summed E-state index contributed by atoms with van der Waals surface area (Å²) in [5, 5.41) is 0. The van der Waals surface area contributed by atoms with Crippen LogP contribution in [0.25, 0.3) is 0 Å². The standard InChI is InChI=1S/C15H19FOS/c1-11-4-2-5-12(8-11)15(17)10-18-14-7-3-6-13(16)9-14/h3,6-7,9,11-12H,2,4-5,8,10H2,1H3. The number of halogens is 1. The van der Waals surface area contributed by atoms with Crippen LogP contribution in [0, 0.1) is 17.7 Å². The molecule has 0 N–H and O–H groups in total. The van der Waals surface area contributed by atoms with Gasteiger partial charge in [0.2, 0.25) is 0 Å². The van der Waals surface area contributed by atoms with Gasteiger partial charge in [-0.15, -0.1) is 11.8 Å². The molecule has 1 nitrogen and oxygen atoms in total. The molecule has 2 atom stereocenters. The van der Waals surface area contributed by atoms with E-state index in [1.807, 2.05) is 6.07 Å². The van der Waals surface area contributed by atoms with E-state index in [1.54, 1.807) is 6.07 Å². The van der Waals surface area contributed by atoms with Crippen molar-refractivity contribution in [2.45, 2.75) is 37.5 Å². The highest BCUT2D eigenvalue weighted by Gasteiger charge is 2.24. The summed E-state index contributed by atoms with van der Waals surface area (Å²) >= 11 is 1.45. The first kappa shape index (κ1) is 13.6. The minimum Gasteiger partial charge on any atom is -0.298 e. The summed E-state index contributed by atoms with van der Waals surface area (Å²) in [6.07, 6.45) is 4.48. The fourth-order valence-corrected chi connectivity index (χ4v) is 3.47. The monoisotopic (exact) mass is 266 g/mol. The fourth-order valence-electron chi connectivity index (χ4n) is 2.56. The maximum atomic E-state index is 13.0. The predicted molar refractivity (Wildman–Crippen MR) is 73.3 cm³/mol. The molecule has 1 aliphatic carbocycles. The molecule has 2 rings (SSSR count). The van der Waals surface area contributed by atoms with E-state index in [2.05, 4.69) is 6.92 Å². The summed E-state index contributed by atoms with van der Waals surface area (Å²) < 4.78 is 13.0. The predicted octanol–water partition coefficient (Wildman–Crippen LogP) is 4.31. The summed E-state index contributed by atoms with van der Waals surface area (Å²) in [6, 6.07) is 6.45. The second-order valence-corrected chi connectivity index (χ2v) is 6.23. The topological polar surface area (TPSA) is 17.1 Å². The minimum absolute atomic E-state index is 0.231. The molecule has 98 valence electrons. The van der Waals surface area contributed by atoms with Crippen molar-refractivity contribution >= 4 is 17.5 Å². The molecule has 3 heteroatoms. The van der Waals surface area contributed by atoms with Gasteiger partial charge in [0.25, 0.3) is 0 Å². The zero-order valence-electron chi connectivity index (χ0n) is 10.7. The van der Waals surface area contributed by atoms with Crippen molar-refractivity contribution < 1.29 is 9.18 Å². The Bertz CT molecular complexity index is 419. The van der Waals surface area contributed by atoms with Gasteiger partial charge in [-0.2, -0.15) is 0 Å². The van der Waals surface area contributed by atoms with Crippen LogP contribution in [0.2, 0.25) is 0 Å². The maximum absolute atomic E-state index is 13.0. The molecule has 0 aromatic heterocycles. The fraction of sp³-hybridized carbons (Fsp3) is 0.533. The summed E-state index contributed by atoms with van der Waals surface area (Å²) in [5.74, 6) is 1.47. The molecule has 0 bridgehead atoms. The molecule has 1 aliphatic rings. The minimum atomic E-state index is -0.237. The average molecular weight is 266 g/mol. The number of rotatable bonds is 4. The van der Waals surface area contributed by atoms with Gasteiger partial charge in [0.1, 0.15) is 11.6 Å². The van der Waals surface area contributed by atoms with Crippen molar-refractivity contribution in [3.8, 4) is 0 Å². The molecular formula is C15H19FOS. The number of ketones is 1. The lowest BCUT2D eigenvalue weighted by molar-refractivity contribution is -0.121. The third kappa shape index (κ3) is 3.84. The lowest BCUT2D eigenvalue weighted by Crippen LogP contribution is -2.23. The van der Waals surface area contributed by atoms with Crippen LogP contribution >= 0.6 is 11.8 Å². The van der Waals surface area contributed by atoms with Gasteiger partial charge in [-0.25, -0.2) is 4.39 Å². The van der Waals surface area contributed by atoms with Gasteiger partial charge < -0.3 is 0 Å². The molecule has 0 aliphatic heterocycles. The Morgan fingerprint density at radius 3 is 3.00 bits per heavy atom. The van der Waals surface area contributed by atoms with Gasteiger partial charge in [-0.05, 0) is 37.0 Å². The van der Waals surface area contributed by atoms with Crippen LogP contribution in [-0.2, 0) is 4.79 Å². The van der Waals surface area contributed by atoms with Gasteiger partial charge in [0.05, 0.1) is 5.75 Å². The van der Waals surface area contributed by atoms with Crippen molar-refractivity contribution in [3.63, 3.8) is 0 Å². The van der Waals surface area contributed by atoms with Gasteiger partial charge >= 0.3 is 0 Å². The van der Waals surface area contributed by atoms with Crippen LogP contribution in [0.15, 0.2) is 29.2 Å². The van der Waals surface area contributed by atoms with Crippen LogP contribution in [0.1, 0.15) is 32.6 Å². The molecule has 1 aromatic carbocycles. The number of carbonyl (C=O) groups excluding carboxylic acids is 1. The molecule has 0 saturated heterocycles. The van der Waals surface area contributed by atoms with E-state index in [0.717, 1.165) is 17.7 Å². The van der Waals surface area contributed by atoms with Crippen LogP contribution in [0.4, 0.5) is 4.39 Å². The van der Waals surface area contributed by atoms with E-state index in [0.29, 0.717) is 17.5 Å². The van der Waals surface area contributed by atoms with Gasteiger partial charge in [0.15, 0.2) is 0 Å². The number of carbonyl (C=O) groups is 1. The van der Waals surface area contributed by atoms with E-state index in [4.69, 9.17) is 0 Å². The van der Waals surface area contributed by atoms with Crippen LogP contribution in [0.5, 0.6) is 0 Å². The number of hydrogen-bond acceptors (Lipinski definition) is 2. The maximum Gasteiger partial charge on any atom is 0.146 e. The summed E-state index contributed by atoms with van der Waals surface area (Å²) in [7, 11) is 0. The highest BCUT2D eigenvalue weighted by atomic mass is 32.2. The summed E-state index contributed by atoms with van der Waals surface area (Å²) in [4.78, 5) is 12.9. The molecular weight excluding hydrogens is 247 g/mol. The van der Waals surface area contributed by atoms with E-state index >= 15 is 0 Å². The SMILES string of the molecule is CC1CCCC(C(=O)CSc2cccc(F)c2)C1. The van der Waals surface area contributed by atoms with Crippen molar-refractivity contribution in [2.75, 3.05) is 5.75 Å². The zero-order valence-corrected chi connectivity index (χ0v) is 11.5. The zero-order chi connectivity index (χ0) is 13.0. The van der Waals surface area contributed by atoms with E-state index in [-0.39, 0.29) is 11.7 Å². The quantitative estimate of drug-likeness (QED) is 0.755. The largest absolute Gasteiger partial charge is 0.298 e. The highest BCUT2D eigenvalue weighted by molar-refractivity contribution is 8.00. The van der Waals surface area contributed by atoms with Gasteiger partial charge in [0, 0.05) is 10.8 Å². The van der Waals surface area contributed by atoms with Gasteiger partial charge in [-0.1, -0.05) is 25.8 Å². The van der Waals surface area contributed by atoms with Crippen LogP contribution < -0.4 is 0 Å².